The quantitative estimate of drug-likeness (QED) is 0.634. The van der Waals surface area contributed by atoms with Crippen LogP contribution in [-0.2, 0) is 0 Å². The molecule has 1 aromatic rings. The average Bonchev–Trinajstić information content (AvgIpc) is 2.84. The molecule has 0 amide bonds. The van der Waals surface area contributed by atoms with E-state index in [2.05, 4.69) is 4.90 Å². The van der Waals surface area contributed by atoms with Gasteiger partial charge in [0.05, 0.1) is 5.56 Å². The predicted molar refractivity (Wildman–Crippen MR) is 73.6 cm³/mol. The van der Waals surface area contributed by atoms with Gasteiger partial charge in [0.2, 0.25) is 0 Å². The van der Waals surface area contributed by atoms with Gasteiger partial charge >= 0.3 is 0 Å². The van der Waals surface area contributed by atoms with Gasteiger partial charge in [-0.1, -0.05) is 11.6 Å². The van der Waals surface area contributed by atoms with E-state index in [0.717, 1.165) is 19.6 Å². The van der Waals surface area contributed by atoms with Crippen molar-refractivity contribution in [1.29, 1.82) is 5.41 Å². The monoisotopic (exact) mass is 267 g/mol. The van der Waals surface area contributed by atoms with Crippen molar-refractivity contribution in [2.24, 2.45) is 5.73 Å². The SMILES string of the molecule is N=C(N)c1cc(Cl)ccc1OCCN1CCCC1. The van der Waals surface area contributed by atoms with E-state index in [1.54, 1.807) is 18.2 Å². The summed E-state index contributed by atoms with van der Waals surface area (Å²) in [7, 11) is 0. The Morgan fingerprint density at radius 2 is 2.11 bits per heavy atom. The van der Waals surface area contributed by atoms with Gasteiger partial charge in [-0.2, -0.15) is 0 Å². The van der Waals surface area contributed by atoms with Crippen LogP contribution in [0.1, 0.15) is 18.4 Å². The minimum atomic E-state index is -0.0197. The van der Waals surface area contributed by atoms with Crippen molar-refractivity contribution in [3.05, 3.63) is 28.8 Å². The Balaban J connectivity index is 1.93. The fourth-order valence-electron chi connectivity index (χ4n) is 2.13. The third kappa shape index (κ3) is 3.37. The molecule has 0 bridgehead atoms. The van der Waals surface area contributed by atoms with Gasteiger partial charge in [-0.3, -0.25) is 10.3 Å². The van der Waals surface area contributed by atoms with E-state index in [1.807, 2.05) is 0 Å². The smallest absolute Gasteiger partial charge is 0.130 e. The van der Waals surface area contributed by atoms with Crippen molar-refractivity contribution >= 4 is 17.4 Å². The molecule has 1 heterocycles. The lowest BCUT2D eigenvalue weighted by atomic mass is 10.2. The molecular weight excluding hydrogens is 250 g/mol. The number of hydrogen-bond acceptors (Lipinski definition) is 3. The molecule has 18 heavy (non-hydrogen) atoms. The van der Waals surface area contributed by atoms with Gasteiger partial charge in [0, 0.05) is 11.6 Å². The number of rotatable bonds is 5. The van der Waals surface area contributed by atoms with Crippen LogP contribution in [0.15, 0.2) is 18.2 Å². The summed E-state index contributed by atoms with van der Waals surface area (Å²) in [5.74, 6) is 0.611. The molecule has 0 radical (unpaired) electrons. The number of benzene rings is 1. The van der Waals surface area contributed by atoms with Gasteiger partial charge in [0.1, 0.15) is 18.2 Å². The first-order valence-corrected chi connectivity index (χ1v) is 6.54. The standard InChI is InChI=1S/C13H18ClN3O/c14-10-3-4-12(11(9-10)13(15)16)18-8-7-17-5-1-2-6-17/h3-4,9H,1-2,5-8H2,(H3,15,16). The lowest BCUT2D eigenvalue weighted by molar-refractivity contribution is 0.237. The van der Waals surface area contributed by atoms with E-state index in [1.165, 1.54) is 12.8 Å². The molecule has 98 valence electrons. The third-order valence-electron chi connectivity index (χ3n) is 3.10. The summed E-state index contributed by atoms with van der Waals surface area (Å²) in [4.78, 5) is 2.38. The molecule has 1 fully saturated rings. The molecule has 1 aromatic carbocycles. The molecule has 1 aliphatic rings. The van der Waals surface area contributed by atoms with E-state index >= 15 is 0 Å². The van der Waals surface area contributed by atoms with Crippen LogP contribution in [0.4, 0.5) is 0 Å². The topological polar surface area (TPSA) is 62.3 Å². The van der Waals surface area contributed by atoms with Crippen molar-refractivity contribution in [2.45, 2.75) is 12.8 Å². The third-order valence-corrected chi connectivity index (χ3v) is 3.33. The molecule has 5 heteroatoms. The number of nitrogen functional groups attached to an aromatic ring is 1. The molecule has 4 nitrogen and oxygen atoms in total. The van der Waals surface area contributed by atoms with E-state index in [0.29, 0.717) is 22.9 Å². The largest absolute Gasteiger partial charge is 0.491 e. The maximum absolute atomic E-state index is 7.50. The maximum Gasteiger partial charge on any atom is 0.130 e. The van der Waals surface area contributed by atoms with Crippen LogP contribution in [0.2, 0.25) is 5.02 Å². The minimum Gasteiger partial charge on any atom is -0.491 e. The zero-order valence-corrected chi connectivity index (χ0v) is 11.0. The van der Waals surface area contributed by atoms with Gasteiger partial charge < -0.3 is 10.5 Å². The molecule has 0 unspecified atom stereocenters. The summed E-state index contributed by atoms with van der Waals surface area (Å²) in [6, 6.07) is 5.18. The Morgan fingerprint density at radius 1 is 1.39 bits per heavy atom. The molecule has 0 spiro atoms. The van der Waals surface area contributed by atoms with Crippen molar-refractivity contribution in [2.75, 3.05) is 26.2 Å². The Bertz CT molecular complexity index is 430. The number of likely N-dealkylation sites (tertiary alicyclic amines) is 1. The first-order chi connectivity index (χ1) is 8.66. The molecule has 0 atom stereocenters. The molecule has 0 saturated carbocycles. The van der Waals surface area contributed by atoms with Crippen LogP contribution in [0, 0.1) is 5.41 Å². The molecule has 1 aliphatic heterocycles. The first-order valence-electron chi connectivity index (χ1n) is 6.16. The molecule has 0 aliphatic carbocycles. The number of nitrogens with zero attached hydrogens (tertiary/aromatic N) is 1. The van der Waals surface area contributed by atoms with Crippen molar-refractivity contribution in [1.82, 2.24) is 4.90 Å². The second-order valence-corrected chi connectivity index (χ2v) is 4.89. The summed E-state index contributed by atoms with van der Waals surface area (Å²) in [6.45, 7) is 3.84. The molecule has 3 N–H and O–H groups in total. The molecule has 0 aromatic heterocycles. The predicted octanol–water partition coefficient (Wildman–Crippen LogP) is 2.10. The highest BCUT2D eigenvalue weighted by Crippen LogP contribution is 2.22. The highest BCUT2D eigenvalue weighted by Gasteiger charge is 2.12. The number of nitrogens with two attached hydrogens (primary N) is 1. The van der Waals surface area contributed by atoms with Crippen molar-refractivity contribution < 1.29 is 4.74 Å². The van der Waals surface area contributed by atoms with Crippen LogP contribution in [0.3, 0.4) is 0 Å². The van der Waals surface area contributed by atoms with E-state index in [-0.39, 0.29) is 5.84 Å². The summed E-state index contributed by atoms with van der Waals surface area (Å²) in [6.07, 6.45) is 2.55. The van der Waals surface area contributed by atoms with E-state index < -0.39 is 0 Å². The fourth-order valence-corrected chi connectivity index (χ4v) is 2.30. The summed E-state index contributed by atoms with van der Waals surface area (Å²) in [5.41, 5.74) is 6.07. The van der Waals surface area contributed by atoms with Gasteiger partial charge in [0.25, 0.3) is 0 Å². The maximum atomic E-state index is 7.50. The number of amidine groups is 1. The second-order valence-electron chi connectivity index (χ2n) is 4.45. The lowest BCUT2D eigenvalue weighted by Crippen LogP contribution is -2.25. The van der Waals surface area contributed by atoms with Crippen molar-refractivity contribution in [3.63, 3.8) is 0 Å². The Morgan fingerprint density at radius 3 is 2.78 bits per heavy atom. The van der Waals surface area contributed by atoms with Crippen LogP contribution in [0.25, 0.3) is 0 Å². The Labute approximate surface area is 112 Å². The van der Waals surface area contributed by atoms with Gasteiger partial charge in [-0.25, -0.2) is 0 Å². The number of ether oxygens (including phenoxy) is 1. The van der Waals surface area contributed by atoms with Gasteiger partial charge in [-0.15, -0.1) is 0 Å². The number of halogens is 1. The zero-order chi connectivity index (χ0) is 13.0. The molecule has 2 rings (SSSR count). The number of nitrogens with one attached hydrogen (secondary N) is 1. The molecule has 1 saturated heterocycles. The van der Waals surface area contributed by atoms with E-state index in [9.17, 15) is 0 Å². The summed E-state index contributed by atoms with van der Waals surface area (Å²) < 4.78 is 5.69. The fraction of sp³-hybridized carbons (Fsp3) is 0.462. The highest BCUT2D eigenvalue weighted by atomic mass is 35.5. The lowest BCUT2D eigenvalue weighted by Gasteiger charge is -2.16. The average molecular weight is 268 g/mol. The first kappa shape index (κ1) is 13.2. The van der Waals surface area contributed by atoms with Gasteiger partial charge in [-0.05, 0) is 44.1 Å². The van der Waals surface area contributed by atoms with Crippen LogP contribution in [-0.4, -0.2) is 37.0 Å². The highest BCUT2D eigenvalue weighted by molar-refractivity contribution is 6.31. The Kier molecular flexibility index (Phi) is 4.44. The van der Waals surface area contributed by atoms with Crippen molar-refractivity contribution in [3.8, 4) is 5.75 Å². The van der Waals surface area contributed by atoms with Crippen LogP contribution < -0.4 is 10.5 Å². The summed E-state index contributed by atoms with van der Waals surface area (Å²) >= 11 is 5.88. The van der Waals surface area contributed by atoms with E-state index in [4.69, 9.17) is 27.5 Å². The van der Waals surface area contributed by atoms with Gasteiger partial charge in [0.15, 0.2) is 0 Å². The zero-order valence-electron chi connectivity index (χ0n) is 10.3. The van der Waals surface area contributed by atoms with Crippen LogP contribution >= 0.6 is 11.6 Å². The Hall–Kier alpha value is -1.26. The second kappa shape index (κ2) is 6.07. The minimum absolute atomic E-state index is 0.0197. The normalized spacial score (nSPS) is 15.8. The summed E-state index contributed by atoms with van der Waals surface area (Å²) in [5, 5.41) is 8.07. The molecular formula is C13H18ClN3O. The number of hydrogen-bond donors (Lipinski definition) is 2. The van der Waals surface area contributed by atoms with Crippen LogP contribution in [0.5, 0.6) is 5.75 Å².